The fourth-order valence-corrected chi connectivity index (χ4v) is 1.34. The zero-order chi connectivity index (χ0) is 11.4. The molecule has 2 unspecified atom stereocenters. The van der Waals surface area contributed by atoms with E-state index in [0.29, 0.717) is 0 Å². The predicted octanol–water partition coefficient (Wildman–Crippen LogP) is 0.661. The molecule has 82 valence electrons. The van der Waals surface area contributed by atoms with Crippen LogP contribution in [0.1, 0.15) is 24.1 Å². The third-order valence-electron chi connectivity index (χ3n) is 2.44. The van der Waals surface area contributed by atoms with Gasteiger partial charge in [0, 0.05) is 0 Å². The van der Waals surface area contributed by atoms with Crippen molar-refractivity contribution in [2.45, 2.75) is 25.4 Å². The van der Waals surface area contributed by atoms with Gasteiger partial charge in [0.25, 0.3) is 0 Å². The molecule has 0 aromatic heterocycles. The molecule has 0 fully saturated rings. The molecular formula is C11H16N2O2. The SMILES string of the molecule is CCc1ccc(C(N)C(N)C(=O)O)cc1. The lowest BCUT2D eigenvalue weighted by Gasteiger charge is -2.16. The van der Waals surface area contributed by atoms with E-state index in [0.717, 1.165) is 12.0 Å². The van der Waals surface area contributed by atoms with Gasteiger partial charge in [-0.1, -0.05) is 31.2 Å². The lowest BCUT2D eigenvalue weighted by molar-refractivity contribution is -0.139. The Morgan fingerprint density at radius 1 is 1.33 bits per heavy atom. The van der Waals surface area contributed by atoms with Crippen molar-refractivity contribution in [1.82, 2.24) is 0 Å². The first-order valence-electron chi connectivity index (χ1n) is 4.89. The van der Waals surface area contributed by atoms with E-state index in [-0.39, 0.29) is 0 Å². The monoisotopic (exact) mass is 208 g/mol. The van der Waals surface area contributed by atoms with Crippen LogP contribution >= 0.6 is 0 Å². The maximum Gasteiger partial charge on any atom is 0.322 e. The standard InChI is InChI=1S/C11H16N2O2/c1-2-7-3-5-8(6-4-7)9(12)10(13)11(14)15/h3-6,9-10H,2,12-13H2,1H3,(H,14,15). The van der Waals surface area contributed by atoms with E-state index in [1.807, 2.05) is 24.3 Å². The van der Waals surface area contributed by atoms with E-state index in [1.54, 1.807) is 0 Å². The number of aliphatic carboxylic acids is 1. The van der Waals surface area contributed by atoms with E-state index >= 15 is 0 Å². The topological polar surface area (TPSA) is 89.3 Å². The summed E-state index contributed by atoms with van der Waals surface area (Å²) in [6, 6.07) is 5.80. The van der Waals surface area contributed by atoms with Gasteiger partial charge in [0.05, 0.1) is 6.04 Å². The fraction of sp³-hybridized carbons (Fsp3) is 0.364. The Kier molecular flexibility index (Phi) is 3.82. The van der Waals surface area contributed by atoms with Crippen LogP contribution in [0.5, 0.6) is 0 Å². The Hall–Kier alpha value is -1.39. The summed E-state index contributed by atoms with van der Waals surface area (Å²) >= 11 is 0. The average Bonchev–Trinajstić information content (AvgIpc) is 2.27. The summed E-state index contributed by atoms with van der Waals surface area (Å²) in [6.07, 6.45) is 0.945. The quantitative estimate of drug-likeness (QED) is 0.678. The molecule has 5 N–H and O–H groups in total. The molecule has 1 aromatic rings. The number of carboxylic acid groups (broad SMARTS) is 1. The normalized spacial score (nSPS) is 14.6. The number of carbonyl (C=O) groups is 1. The van der Waals surface area contributed by atoms with Gasteiger partial charge in [-0.15, -0.1) is 0 Å². The lowest BCUT2D eigenvalue weighted by atomic mass is 9.99. The van der Waals surface area contributed by atoms with Gasteiger partial charge in [-0.05, 0) is 17.5 Å². The predicted molar refractivity (Wildman–Crippen MR) is 58.4 cm³/mol. The molecule has 0 saturated heterocycles. The molecule has 0 saturated carbocycles. The van der Waals surface area contributed by atoms with E-state index in [9.17, 15) is 4.79 Å². The maximum atomic E-state index is 10.6. The van der Waals surface area contributed by atoms with Gasteiger partial charge >= 0.3 is 5.97 Å². The summed E-state index contributed by atoms with van der Waals surface area (Å²) < 4.78 is 0. The molecule has 1 rings (SSSR count). The van der Waals surface area contributed by atoms with Gasteiger partial charge in [0.15, 0.2) is 0 Å². The van der Waals surface area contributed by atoms with E-state index in [4.69, 9.17) is 16.6 Å². The molecule has 0 aliphatic rings. The Labute approximate surface area is 88.9 Å². The lowest BCUT2D eigenvalue weighted by Crippen LogP contribution is -2.40. The summed E-state index contributed by atoms with van der Waals surface area (Å²) in [4.78, 5) is 10.6. The number of hydrogen-bond acceptors (Lipinski definition) is 3. The molecule has 0 aliphatic heterocycles. The molecule has 0 aliphatic carbocycles. The second-order valence-corrected chi connectivity index (χ2v) is 3.48. The van der Waals surface area contributed by atoms with Crippen molar-refractivity contribution in [1.29, 1.82) is 0 Å². The van der Waals surface area contributed by atoms with Crippen LogP contribution in [0.25, 0.3) is 0 Å². The Balaban J connectivity index is 2.82. The summed E-state index contributed by atoms with van der Waals surface area (Å²) in [6.45, 7) is 2.05. The number of hydrogen-bond donors (Lipinski definition) is 3. The molecule has 0 heterocycles. The molecule has 2 atom stereocenters. The smallest absolute Gasteiger partial charge is 0.322 e. The highest BCUT2D eigenvalue weighted by atomic mass is 16.4. The number of nitrogens with two attached hydrogens (primary N) is 2. The third kappa shape index (κ3) is 2.78. The molecule has 4 heteroatoms. The van der Waals surface area contributed by atoms with E-state index in [2.05, 4.69) is 6.92 Å². The van der Waals surface area contributed by atoms with E-state index < -0.39 is 18.1 Å². The minimum atomic E-state index is -1.08. The maximum absolute atomic E-state index is 10.6. The first kappa shape index (κ1) is 11.7. The Morgan fingerprint density at radius 3 is 2.27 bits per heavy atom. The summed E-state index contributed by atoms with van der Waals surface area (Å²) in [5.74, 6) is -1.08. The minimum Gasteiger partial charge on any atom is -0.480 e. The summed E-state index contributed by atoms with van der Waals surface area (Å²) in [5, 5.41) is 8.71. The molecule has 0 radical (unpaired) electrons. The fourth-order valence-electron chi connectivity index (χ4n) is 1.34. The zero-order valence-electron chi connectivity index (χ0n) is 8.68. The summed E-state index contributed by atoms with van der Waals surface area (Å²) in [5.41, 5.74) is 13.1. The van der Waals surface area contributed by atoms with Crippen LogP contribution in [0.3, 0.4) is 0 Å². The Morgan fingerprint density at radius 2 is 1.87 bits per heavy atom. The van der Waals surface area contributed by atoms with Crippen molar-refractivity contribution in [3.05, 3.63) is 35.4 Å². The first-order chi connectivity index (χ1) is 7.06. The van der Waals surface area contributed by atoms with Crippen LogP contribution in [0.15, 0.2) is 24.3 Å². The zero-order valence-corrected chi connectivity index (χ0v) is 8.68. The van der Waals surface area contributed by atoms with Crippen molar-refractivity contribution >= 4 is 5.97 Å². The van der Waals surface area contributed by atoms with Crippen LogP contribution in [-0.4, -0.2) is 17.1 Å². The Bertz CT molecular complexity index is 335. The van der Waals surface area contributed by atoms with Gasteiger partial charge in [-0.25, -0.2) is 0 Å². The van der Waals surface area contributed by atoms with Crippen molar-refractivity contribution in [3.63, 3.8) is 0 Å². The molecule has 15 heavy (non-hydrogen) atoms. The number of rotatable bonds is 4. The van der Waals surface area contributed by atoms with Crippen molar-refractivity contribution in [2.24, 2.45) is 11.5 Å². The number of aryl methyl sites for hydroxylation is 1. The van der Waals surface area contributed by atoms with Gasteiger partial charge in [-0.3, -0.25) is 4.79 Å². The van der Waals surface area contributed by atoms with E-state index in [1.165, 1.54) is 5.56 Å². The van der Waals surface area contributed by atoms with Crippen molar-refractivity contribution in [3.8, 4) is 0 Å². The third-order valence-corrected chi connectivity index (χ3v) is 2.44. The molecular weight excluding hydrogens is 192 g/mol. The molecule has 1 aromatic carbocycles. The van der Waals surface area contributed by atoms with Gasteiger partial charge in [-0.2, -0.15) is 0 Å². The number of benzene rings is 1. The molecule has 0 bridgehead atoms. The van der Waals surface area contributed by atoms with Crippen molar-refractivity contribution in [2.75, 3.05) is 0 Å². The van der Waals surface area contributed by atoms with Gasteiger partial charge in [0.1, 0.15) is 6.04 Å². The van der Waals surface area contributed by atoms with Crippen molar-refractivity contribution < 1.29 is 9.90 Å². The number of carboxylic acids is 1. The second-order valence-electron chi connectivity index (χ2n) is 3.48. The highest BCUT2D eigenvalue weighted by Gasteiger charge is 2.21. The van der Waals surface area contributed by atoms with Gasteiger partial charge in [0.2, 0.25) is 0 Å². The average molecular weight is 208 g/mol. The van der Waals surface area contributed by atoms with Crippen LogP contribution in [0, 0.1) is 0 Å². The second kappa shape index (κ2) is 4.91. The van der Waals surface area contributed by atoms with Crippen LogP contribution in [0.4, 0.5) is 0 Å². The molecule has 4 nitrogen and oxygen atoms in total. The largest absolute Gasteiger partial charge is 0.480 e. The molecule has 0 spiro atoms. The van der Waals surface area contributed by atoms with Crippen LogP contribution in [-0.2, 0) is 11.2 Å². The highest BCUT2D eigenvalue weighted by Crippen LogP contribution is 2.14. The van der Waals surface area contributed by atoms with Crippen LogP contribution < -0.4 is 11.5 Å². The highest BCUT2D eigenvalue weighted by molar-refractivity contribution is 5.74. The van der Waals surface area contributed by atoms with Crippen LogP contribution in [0.2, 0.25) is 0 Å². The molecule has 0 amide bonds. The first-order valence-corrected chi connectivity index (χ1v) is 4.89. The minimum absolute atomic E-state index is 0.659. The summed E-state index contributed by atoms with van der Waals surface area (Å²) in [7, 11) is 0. The van der Waals surface area contributed by atoms with Gasteiger partial charge < -0.3 is 16.6 Å².